The normalized spacial score (nSPS) is 16.7. The highest BCUT2D eigenvalue weighted by Gasteiger charge is 2.39. The summed E-state index contributed by atoms with van der Waals surface area (Å²) in [5.41, 5.74) is 0.681. The Labute approximate surface area is 88.8 Å². The molecule has 1 N–H and O–H groups in total. The maximum atomic E-state index is 13.3. The van der Waals surface area contributed by atoms with Crippen molar-refractivity contribution in [3.63, 3.8) is 0 Å². The van der Waals surface area contributed by atoms with E-state index in [0.29, 0.717) is 11.6 Å². The summed E-state index contributed by atoms with van der Waals surface area (Å²) in [5.74, 6) is -4.54. The lowest BCUT2D eigenvalue weighted by molar-refractivity contribution is -0.145. The van der Waals surface area contributed by atoms with Gasteiger partial charge in [-0.05, 0) is 12.8 Å². The molecule has 0 spiro atoms. The molecule has 0 amide bonds. The fourth-order valence-corrected chi connectivity index (χ4v) is 2.17. The number of nitrogens with zero attached hydrogens (tertiary/aromatic N) is 1. The van der Waals surface area contributed by atoms with Crippen LogP contribution in [0, 0.1) is 0 Å². The number of alkyl halides is 2. The van der Waals surface area contributed by atoms with Crippen LogP contribution >= 0.6 is 11.3 Å². The highest BCUT2D eigenvalue weighted by atomic mass is 32.1. The monoisotopic (exact) mass is 233 g/mol. The first-order chi connectivity index (χ1) is 6.99. The van der Waals surface area contributed by atoms with E-state index in [0.717, 1.165) is 24.2 Å². The number of carboxylic acids is 1. The Kier molecular flexibility index (Phi) is 2.46. The molecule has 1 fully saturated rings. The number of carbonyl (C=O) groups is 1. The second kappa shape index (κ2) is 3.52. The minimum absolute atomic E-state index is 0.315. The number of halogens is 2. The topological polar surface area (TPSA) is 50.2 Å². The Bertz CT molecular complexity index is 387. The summed E-state index contributed by atoms with van der Waals surface area (Å²) in [6, 6.07) is 0. The molecule has 0 aromatic carbocycles. The molecular weight excluding hydrogens is 224 g/mol. The summed E-state index contributed by atoms with van der Waals surface area (Å²) < 4.78 is 26.5. The smallest absolute Gasteiger partial charge is 0.309 e. The van der Waals surface area contributed by atoms with E-state index >= 15 is 0 Å². The number of aromatic nitrogens is 1. The van der Waals surface area contributed by atoms with Crippen LogP contribution < -0.4 is 0 Å². The van der Waals surface area contributed by atoms with Crippen LogP contribution in [0.4, 0.5) is 8.78 Å². The zero-order valence-corrected chi connectivity index (χ0v) is 8.56. The van der Waals surface area contributed by atoms with Crippen molar-refractivity contribution in [2.45, 2.75) is 31.1 Å². The van der Waals surface area contributed by atoms with Crippen LogP contribution in [0.3, 0.4) is 0 Å². The number of thiazole rings is 1. The van der Waals surface area contributed by atoms with Crippen molar-refractivity contribution >= 4 is 17.3 Å². The first-order valence-electron chi connectivity index (χ1n) is 4.54. The molecule has 82 valence electrons. The predicted octanol–water partition coefficient (Wildman–Crippen LogP) is 2.59. The minimum atomic E-state index is -3.34. The van der Waals surface area contributed by atoms with Crippen LogP contribution in [0.2, 0.25) is 0 Å². The van der Waals surface area contributed by atoms with Crippen LogP contribution in [0.5, 0.6) is 0 Å². The zero-order chi connectivity index (χ0) is 11.1. The molecule has 0 atom stereocenters. The van der Waals surface area contributed by atoms with Gasteiger partial charge in [0.15, 0.2) is 5.01 Å². The van der Waals surface area contributed by atoms with Gasteiger partial charge in [0.2, 0.25) is 0 Å². The summed E-state index contributed by atoms with van der Waals surface area (Å²) in [7, 11) is 0. The molecular formula is C9H9F2NO2S. The Balaban J connectivity index is 2.15. The molecule has 15 heavy (non-hydrogen) atoms. The van der Waals surface area contributed by atoms with Crippen LogP contribution in [-0.2, 0) is 10.7 Å². The minimum Gasteiger partial charge on any atom is -0.481 e. The van der Waals surface area contributed by atoms with E-state index in [2.05, 4.69) is 4.98 Å². The zero-order valence-electron chi connectivity index (χ0n) is 7.74. The van der Waals surface area contributed by atoms with Gasteiger partial charge in [0.25, 0.3) is 0 Å². The molecule has 2 rings (SSSR count). The van der Waals surface area contributed by atoms with Gasteiger partial charge in [0.1, 0.15) is 6.42 Å². The molecule has 0 saturated heterocycles. The predicted molar refractivity (Wildman–Crippen MR) is 50.2 cm³/mol. The van der Waals surface area contributed by atoms with Gasteiger partial charge in [0.05, 0.1) is 5.69 Å². The van der Waals surface area contributed by atoms with Gasteiger partial charge in [-0.3, -0.25) is 4.79 Å². The largest absolute Gasteiger partial charge is 0.481 e. The molecule has 1 aromatic rings. The number of rotatable bonds is 4. The Morgan fingerprint density at radius 2 is 2.33 bits per heavy atom. The third kappa shape index (κ3) is 2.31. The third-order valence-electron chi connectivity index (χ3n) is 2.20. The number of aliphatic carboxylic acids is 1. The lowest BCUT2D eigenvalue weighted by Gasteiger charge is -2.09. The maximum absolute atomic E-state index is 13.3. The van der Waals surface area contributed by atoms with Gasteiger partial charge in [-0.15, -0.1) is 11.3 Å². The van der Waals surface area contributed by atoms with Crippen molar-refractivity contribution in [2.24, 2.45) is 0 Å². The SMILES string of the molecule is O=C(O)CC(F)(F)c1nc(C2CC2)cs1. The van der Waals surface area contributed by atoms with Crippen molar-refractivity contribution in [3.8, 4) is 0 Å². The summed E-state index contributed by atoms with van der Waals surface area (Å²) >= 11 is 0.842. The van der Waals surface area contributed by atoms with Crippen molar-refractivity contribution in [2.75, 3.05) is 0 Å². The fraction of sp³-hybridized carbons (Fsp3) is 0.556. The van der Waals surface area contributed by atoms with Gasteiger partial charge < -0.3 is 5.11 Å². The van der Waals surface area contributed by atoms with E-state index in [-0.39, 0.29) is 5.01 Å². The van der Waals surface area contributed by atoms with Gasteiger partial charge in [0, 0.05) is 11.3 Å². The van der Waals surface area contributed by atoms with Crippen LogP contribution in [0.15, 0.2) is 5.38 Å². The lowest BCUT2D eigenvalue weighted by atomic mass is 10.2. The third-order valence-corrected chi connectivity index (χ3v) is 3.18. The van der Waals surface area contributed by atoms with Crippen LogP contribution in [-0.4, -0.2) is 16.1 Å². The second-order valence-electron chi connectivity index (χ2n) is 3.63. The van der Waals surface area contributed by atoms with E-state index in [1.165, 1.54) is 0 Å². The van der Waals surface area contributed by atoms with E-state index in [1.54, 1.807) is 5.38 Å². The molecule has 6 heteroatoms. The Hall–Kier alpha value is -1.04. The van der Waals surface area contributed by atoms with Gasteiger partial charge >= 0.3 is 11.9 Å². The molecule has 1 aliphatic carbocycles. The summed E-state index contributed by atoms with van der Waals surface area (Å²) in [5, 5.41) is 9.55. The summed E-state index contributed by atoms with van der Waals surface area (Å²) in [4.78, 5) is 14.0. The Morgan fingerprint density at radius 1 is 1.67 bits per heavy atom. The van der Waals surface area contributed by atoms with Gasteiger partial charge in [-0.25, -0.2) is 4.98 Å². The standard InChI is InChI=1S/C9H9F2NO2S/c10-9(11,3-7(13)14)8-12-6(4-15-8)5-1-2-5/h4-5H,1-3H2,(H,13,14). The second-order valence-corrected chi connectivity index (χ2v) is 4.48. The van der Waals surface area contributed by atoms with Crippen LogP contribution in [0.1, 0.15) is 35.9 Å². The molecule has 1 aromatic heterocycles. The fourth-order valence-electron chi connectivity index (χ4n) is 1.29. The van der Waals surface area contributed by atoms with Crippen molar-refractivity contribution in [3.05, 3.63) is 16.1 Å². The number of hydrogen-bond donors (Lipinski definition) is 1. The van der Waals surface area contributed by atoms with E-state index in [9.17, 15) is 13.6 Å². The number of hydrogen-bond acceptors (Lipinski definition) is 3. The van der Waals surface area contributed by atoms with Crippen molar-refractivity contribution in [1.29, 1.82) is 0 Å². The van der Waals surface area contributed by atoms with E-state index in [4.69, 9.17) is 5.11 Å². The molecule has 1 heterocycles. The first-order valence-corrected chi connectivity index (χ1v) is 5.42. The van der Waals surface area contributed by atoms with Crippen molar-refractivity contribution in [1.82, 2.24) is 4.98 Å². The molecule has 0 unspecified atom stereocenters. The quantitative estimate of drug-likeness (QED) is 0.869. The first kappa shape index (κ1) is 10.5. The summed E-state index contributed by atoms with van der Waals surface area (Å²) in [6.07, 6.45) is 0.798. The highest BCUT2D eigenvalue weighted by Crippen LogP contribution is 2.42. The van der Waals surface area contributed by atoms with Crippen LogP contribution in [0.25, 0.3) is 0 Å². The van der Waals surface area contributed by atoms with Crippen molar-refractivity contribution < 1.29 is 18.7 Å². The molecule has 1 saturated carbocycles. The molecule has 0 bridgehead atoms. The van der Waals surface area contributed by atoms with Gasteiger partial charge in [-0.1, -0.05) is 0 Å². The number of carboxylic acid groups (broad SMARTS) is 1. The highest BCUT2D eigenvalue weighted by molar-refractivity contribution is 7.09. The average molecular weight is 233 g/mol. The lowest BCUT2D eigenvalue weighted by Crippen LogP contribution is -2.18. The van der Waals surface area contributed by atoms with E-state index in [1.807, 2.05) is 0 Å². The van der Waals surface area contributed by atoms with E-state index < -0.39 is 18.3 Å². The summed E-state index contributed by atoms with van der Waals surface area (Å²) in [6.45, 7) is 0. The molecule has 1 aliphatic rings. The van der Waals surface area contributed by atoms with Gasteiger partial charge in [-0.2, -0.15) is 8.78 Å². The Morgan fingerprint density at radius 3 is 2.87 bits per heavy atom. The maximum Gasteiger partial charge on any atom is 0.309 e. The molecule has 3 nitrogen and oxygen atoms in total. The molecule has 0 aliphatic heterocycles. The molecule has 0 radical (unpaired) electrons. The average Bonchev–Trinajstić information content (AvgIpc) is 2.81.